The Morgan fingerprint density at radius 1 is 1.21 bits per heavy atom. The van der Waals surface area contributed by atoms with Crippen LogP contribution in [0, 0.1) is 6.92 Å². The molecule has 2 N–H and O–H groups in total. The molecule has 0 saturated heterocycles. The van der Waals surface area contributed by atoms with Gasteiger partial charge >= 0.3 is 6.09 Å². The van der Waals surface area contributed by atoms with Gasteiger partial charge in [-0.2, -0.15) is 0 Å². The van der Waals surface area contributed by atoms with Gasteiger partial charge in [0.25, 0.3) is 0 Å². The van der Waals surface area contributed by atoms with Gasteiger partial charge in [-0.05, 0) is 33.3 Å². The maximum Gasteiger partial charge on any atom is 0.408 e. The van der Waals surface area contributed by atoms with Crippen molar-refractivity contribution < 1.29 is 14.6 Å². The normalized spacial score (nSPS) is 12.5. The Morgan fingerprint density at radius 2 is 1.83 bits per heavy atom. The zero-order chi connectivity index (χ0) is 17.7. The number of aliphatic hydroxyl groups is 1. The predicted molar refractivity (Wildman–Crippen MR) is 91.4 cm³/mol. The molecular formula is C18H23N3O3. The first-order valence-electron chi connectivity index (χ1n) is 7.78. The van der Waals surface area contributed by atoms with Gasteiger partial charge in [-0.15, -0.1) is 0 Å². The maximum absolute atomic E-state index is 11.9. The van der Waals surface area contributed by atoms with Crippen molar-refractivity contribution >= 4 is 6.09 Å². The summed E-state index contributed by atoms with van der Waals surface area (Å²) in [7, 11) is 0. The molecule has 1 atom stereocenters. The van der Waals surface area contributed by atoms with Crippen LogP contribution in [0.25, 0.3) is 11.3 Å². The number of alkyl carbamates (subject to hydrolysis) is 1. The number of hydrogen-bond acceptors (Lipinski definition) is 5. The SMILES string of the molecule is Cc1nccnc1-c1ccc([C@H](CO)NC(=O)OC(C)(C)C)cc1. The molecule has 128 valence electrons. The first kappa shape index (κ1) is 17.9. The number of hydrogen-bond donors (Lipinski definition) is 2. The first-order chi connectivity index (χ1) is 11.3. The molecule has 1 aromatic heterocycles. The van der Waals surface area contributed by atoms with Gasteiger partial charge in [0.15, 0.2) is 0 Å². The third-order valence-electron chi connectivity index (χ3n) is 3.34. The molecule has 0 bridgehead atoms. The molecule has 24 heavy (non-hydrogen) atoms. The molecular weight excluding hydrogens is 306 g/mol. The number of benzene rings is 1. The fourth-order valence-electron chi connectivity index (χ4n) is 2.25. The summed E-state index contributed by atoms with van der Waals surface area (Å²) >= 11 is 0. The summed E-state index contributed by atoms with van der Waals surface area (Å²) in [4.78, 5) is 20.4. The number of amides is 1. The van der Waals surface area contributed by atoms with E-state index in [0.717, 1.165) is 22.5 Å². The molecule has 0 fully saturated rings. The number of carbonyl (C=O) groups is 1. The monoisotopic (exact) mass is 329 g/mol. The fourth-order valence-corrected chi connectivity index (χ4v) is 2.25. The number of carbonyl (C=O) groups excluding carboxylic acids is 1. The summed E-state index contributed by atoms with van der Waals surface area (Å²) < 4.78 is 5.22. The van der Waals surface area contributed by atoms with E-state index >= 15 is 0 Å². The topological polar surface area (TPSA) is 84.3 Å². The van der Waals surface area contributed by atoms with Crippen LogP contribution in [0.4, 0.5) is 4.79 Å². The lowest BCUT2D eigenvalue weighted by Crippen LogP contribution is -2.36. The zero-order valence-corrected chi connectivity index (χ0v) is 14.4. The molecule has 0 saturated carbocycles. The largest absolute Gasteiger partial charge is 0.444 e. The lowest BCUT2D eigenvalue weighted by molar-refractivity contribution is 0.0482. The van der Waals surface area contributed by atoms with Crippen molar-refractivity contribution in [2.24, 2.45) is 0 Å². The minimum Gasteiger partial charge on any atom is -0.444 e. The molecule has 2 aromatic rings. The second-order valence-corrected chi connectivity index (χ2v) is 6.49. The summed E-state index contributed by atoms with van der Waals surface area (Å²) in [6.07, 6.45) is 2.74. The van der Waals surface area contributed by atoms with E-state index in [0.29, 0.717) is 0 Å². The van der Waals surface area contributed by atoms with E-state index in [1.54, 1.807) is 33.2 Å². The zero-order valence-electron chi connectivity index (χ0n) is 14.4. The van der Waals surface area contributed by atoms with Crippen molar-refractivity contribution in [1.82, 2.24) is 15.3 Å². The third-order valence-corrected chi connectivity index (χ3v) is 3.34. The lowest BCUT2D eigenvalue weighted by atomic mass is 10.0. The Balaban J connectivity index is 2.13. The van der Waals surface area contributed by atoms with Crippen molar-refractivity contribution in [1.29, 1.82) is 0 Å². The van der Waals surface area contributed by atoms with Crippen molar-refractivity contribution in [2.75, 3.05) is 6.61 Å². The smallest absolute Gasteiger partial charge is 0.408 e. The molecule has 1 aromatic carbocycles. The Kier molecular flexibility index (Phi) is 5.51. The van der Waals surface area contributed by atoms with Gasteiger partial charge < -0.3 is 15.2 Å². The number of ether oxygens (including phenoxy) is 1. The number of aryl methyl sites for hydroxylation is 1. The van der Waals surface area contributed by atoms with Crippen LogP contribution in [0.1, 0.15) is 38.1 Å². The molecule has 2 rings (SSSR count). The molecule has 1 amide bonds. The molecule has 6 nitrogen and oxygen atoms in total. The van der Waals surface area contributed by atoms with E-state index in [2.05, 4.69) is 15.3 Å². The Morgan fingerprint density at radius 3 is 2.38 bits per heavy atom. The van der Waals surface area contributed by atoms with Crippen LogP contribution in [-0.2, 0) is 4.74 Å². The average molecular weight is 329 g/mol. The fraction of sp³-hybridized carbons (Fsp3) is 0.389. The van der Waals surface area contributed by atoms with E-state index in [1.165, 1.54) is 0 Å². The minimum absolute atomic E-state index is 0.219. The molecule has 0 spiro atoms. The molecule has 0 radical (unpaired) electrons. The lowest BCUT2D eigenvalue weighted by Gasteiger charge is -2.23. The number of nitrogens with zero attached hydrogens (tertiary/aromatic N) is 2. The molecule has 1 heterocycles. The highest BCUT2D eigenvalue weighted by atomic mass is 16.6. The van der Waals surface area contributed by atoms with Crippen molar-refractivity contribution in [3.8, 4) is 11.3 Å². The van der Waals surface area contributed by atoms with Crippen LogP contribution in [0.3, 0.4) is 0 Å². The van der Waals surface area contributed by atoms with E-state index in [-0.39, 0.29) is 6.61 Å². The summed E-state index contributed by atoms with van der Waals surface area (Å²) in [5.41, 5.74) is 2.78. The number of rotatable bonds is 4. The average Bonchev–Trinajstić information content (AvgIpc) is 2.52. The summed E-state index contributed by atoms with van der Waals surface area (Å²) in [6, 6.07) is 6.96. The number of aliphatic hydroxyl groups excluding tert-OH is 1. The summed E-state index contributed by atoms with van der Waals surface area (Å²) in [5, 5.41) is 12.2. The maximum atomic E-state index is 11.9. The van der Waals surface area contributed by atoms with Crippen LogP contribution in [-0.4, -0.2) is 33.4 Å². The van der Waals surface area contributed by atoms with Crippen LogP contribution < -0.4 is 5.32 Å². The van der Waals surface area contributed by atoms with E-state index in [9.17, 15) is 9.90 Å². The minimum atomic E-state index is -0.586. The van der Waals surface area contributed by atoms with Crippen molar-refractivity contribution in [2.45, 2.75) is 39.3 Å². The van der Waals surface area contributed by atoms with Crippen molar-refractivity contribution in [3.05, 3.63) is 47.9 Å². The van der Waals surface area contributed by atoms with Gasteiger partial charge in [0.1, 0.15) is 5.60 Å². The van der Waals surface area contributed by atoms with Gasteiger partial charge in [0.05, 0.1) is 24.0 Å². The molecule has 0 aliphatic carbocycles. The molecule has 6 heteroatoms. The first-order valence-corrected chi connectivity index (χ1v) is 7.78. The summed E-state index contributed by atoms with van der Waals surface area (Å²) in [5.74, 6) is 0. The van der Waals surface area contributed by atoms with Gasteiger partial charge in [-0.25, -0.2) is 4.79 Å². The van der Waals surface area contributed by atoms with E-state index in [1.807, 2.05) is 31.2 Å². The Hall–Kier alpha value is -2.47. The van der Waals surface area contributed by atoms with Gasteiger partial charge in [0.2, 0.25) is 0 Å². The highest BCUT2D eigenvalue weighted by Crippen LogP contribution is 2.22. The van der Waals surface area contributed by atoms with Crippen molar-refractivity contribution in [3.63, 3.8) is 0 Å². The second kappa shape index (κ2) is 7.40. The van der Waals surface area contributed by atoms with Crippen LogP contribution in [0.5, 0.6) is 0 Å². The summed E-state index contributed by atoms with van der Waals surface area (Å²) in [6.45, 7) is 7.05. The predicted octanol–water partition coefficient (Wildman–Crippen LogP) is 3.01. The molecule has 0 aliphatic rings. The van der Waals surface area contributed by atoms with Gasteiger partial charge in [-0.1, -0.05) is 24.3 Å². The Labute approximate surface area is 141 Å². The Bertz CT molecular complexity index is 693. The number of nitrogens with one attached hydrogen (secondary N) is 1. The van der Waals surface area contributed by atoms with Gasteiger partial charge in [-0.3, -0.25) is 9.97 Å². The standard InChI is InChI=1S/C18H23N3O3/c1-12-16(20-10-9-19-12)14-7-5-13(6-8-14)15(11-22)21-17(23)24-18(2,3)4/h5-10,15,22H,11H2,1-4H3,(H,21,23)/t15-/m0/s1. The highest BCUT2D eigenvalue weighted by molar-refractivity contribution is 5.68. The third kappa shape index (κ3) is 4.76. The second-order valence-electron chi connectivity index (χ2n) is 6.49. The van der Waals surface area contributed by atoms with Crippen LogP contribution >= 0.6 is 0 Å². The highest BCUT2D eigenvalue weighted by Gasteiger charge is 2.20. The quantitative estimate of drug-likeness (QED) is 0.901. The van der Waals surface area contributed by atoms with E-state index < -0.39 is 17.7 Å². The van der Waals surface area contributed by atoms with Crippen LogP contribution in [0.15, 0.2) is 36.7 Å². The van der Waals surface area contributed by atoms with Gasteiger partial charge in [0, 0.05) is 18.0 Å². The van der Waals surface area contributed by atoms with E-state index in [4.69, 9.17) is 4.74 Å². The molecule has 0 aliphatic heterocycles. The van der Waals surface area contributed by atoms with Crippen LogP contribution in [0.2, 0.25) is 0 Å². The number of aromatic nitrogens is 2. The molecule has 0 unspecified atom stereocenters.